The van der Waals surface area contributed by atoms with Crippen molar-refractivity contribution in [2.75, 3.05) is 0 Å². The number of halogens is 4. The Morgan fingerprint density at radius 1 is 1.31 bits per heavy atom. The molecule has 8 heteroatoms. The first-order chi connectivity index (χ1) is 7.35. The number of amides is 1. The van der Waals surface area contributed by atoms with Gasteiger partial charge in [-0.2, -0.15) is 8.78 Å². The standard InChI is InChI=1S/C8H6Cl2F2N2O2/c9-4-1-5(10)3-6(2-4)16-8(11,12)7(15)14-13/h1-3H,13H2,(H,14,15). The molecule has 0 atom stereocenters. The van der Waals surface area contributed by atoms with E-state index < -0.39 is 12.0 Å². The maximum absolute atomic E-state index is 13.0. The van der Waals surface area contributed by atoms with Crippen molar-refractivity contribution in [3.05, 3.63) is 28.2 Å². The first-order valence-corrected chi connectivity index (χ1v) is 4.64. The van der Waals surface area contributed by atoms with E-state index >= 15 is 0 Å². The van der Waals surface area contributed by atoms with Gasteiger partial charge in [-0.15, -0.1) is 0 Å². The molecule has 0 heterocycles. The smallest absolute Gasteiger partial charge is 0.425 e. The number of rotatable bonds is 3. The van der Waals surface area contributed by atoms with Crippen molar-refractivity contribution in [1.29, 1.82) is 0 Å². The van der Waals surface area contributed by atoms with Gasteiger partial charge in [0.05, 0.1) is 0 Å². The average molecular weight is 271 g/mol. The zero-order valence-electron chi connectivity index (χ0n) is 7.64. The van der Waals surface area contributed by atoms with Crippen LogP contribution >= 0.6 is 23.2 Å². The van der Waals surface area contributed by atoms with Gasteiger partial charge in [0, 0.05) is 10.0 Å². The van der Waals surface area contributed by atoms with E-state index in [1.807, 2.05) is 0 Å². The first kappa shape index (κ1) is 13.0. The highest BCUT2D eigenvalue weighted by Gasteiger charge is 2.41. The van der Waals surface area contributed by atoms with Crippen molar-refractivity contribution < 1.29 is 18.3 Å². The fourth-order valence-corrected chi connectivity index (χ4v) is 1.37. The number of ether oxygens (including phenoxy) is 1. The number of carbonyl (C=O) groups is 1. The van der Waals surface area contributed by atoms with Crippen LogP contribution in [0.1, 0.15) is 0 Å². The molecule has 0 bridgehead atoms. The quantitative estimate of drug-likeness (QED) is 0.501. The van der Waals surface area contributed by atoms with E-state index in [0.717, 1.165) is 12.1 Å². The maximum atomic E-state index is 13.0. The van der Waals surface area contributed by atoms with Crippen LogP contribution in [0.3, 0.4) is 0 Å². The zero-order chi connectivity index (χ0) is 12.3. The third kappa shape index (κ3) is 3.19. The Balaban J connectivity index is 2.91. The van der Waals surface area contributed by atoms with Gasteiger partial charge in [0.2, 0.25) is 0 Å². The van der Waals surface area contributed by atoms with E-state index in [9.17, 15) is 13.6 Å². The number of nitrogens with two attached hydrogens (primary N) is 1. The van der Waals surface area contributed by atoms with E-state index in [-0.39, 0.29) is 15.8 Å². The van der Waals surface area contributed by atoms with Gasteiger partial charge in [-0.3, -0.25) is 10.2 Å². The number of hydrogen-bond donors (Lipinski definition) is 2. The molecule has 0 spiro atoms. The highest BCUT2D eigenvalue weighted by atomic mass is 35.5. The van der Waals surface area contributed by atoms with E-state index in [1.165, 1.54) is 11.5 Å². The van der Waals surface area contributed by atoms with Crippen LogP contribution in [0.2, 0.25) is 10.0 Å². The Kier molecular flexibility index (Phi) is 3.90. The van der Waals surface area contributed by atoms with Crippen molar-refractivity contribution in [3.8, 4) is 5.75 Å². The van der Waals surface area contributed by atoms with Gasteiger partial charge in [-0.05, 0) is 18.2 Å². The van der Waals surface area contributed by atoms with Crippen LogP contribution < -0.4 is 16.0 Å². The molecule has 0 aliphatic heterocycles. The van der Waals surface area contributed by atoms with Crippen LogP contribution in [-0.2, 0) is 4.79 Å². The molecule has 0 radical (unpaired) electrons. The summed E-state index contributed by atoms with van der Waals surface area (Å²) in [6, 6.07) is 3.51. The summed E-state index contributed by atoms with van der Waals surface area (Å²) < 4.78 is 30.1. The highest BCUT2D eigenvalue weighted by Crippen LogP contribution is 2.28. The molecular formula is C8H6Cl2F2N2O2. The summed E-state index contributed by atoms with van der Waals surface area (Å²) in [5.74, 6) is 2.44. The molecule has 0 saturated carbocycles. The third-order valence-corrected chi connectivity index (χ3v) is 1.91. The number of hydrogen-bond acceptors (Lipinski definition) is 3. The van der Waals surface area contributed by atoms with Gasteiger partial charge in [0.15, 0.2) is 0 Å². The average Bonchev–Trinajstić information content (AvgIpc) is 2.13. The van der Waals surface area contributed by atoms with Crippen LogP contribution in [0.5, 0.6) is 5.75 Å². The van der Waals surface area contributed by atoms with Gasteiger partial charge < -0.3 is 4.74 Å². The summed E-state index contributed by atoms with van der Waals surface area (Å²) in [7, 11) is 0. The lowest BCUT2D eigenvalue weighted by Gasteiger charge is -2.15. The fraction of sp³-hybridized carbons (Fsp3) is 0.125. The summed E-state index contributed by atoms with van der Waals surface area (Å²) in [5.41, 5.74) is 1.27. The van der Waals surface area contributed by atoms with Gasteiger partial charge in [0.1, 0.15) is 5.75 Å². The number of nitrogens with one attached hydrogen (secondary N) is 1. The molecule has 1 aromatic carbocycles. The van der Waals surface area contributed by atoms with E-state index in [4.69, 9.17) is 23.2 Å². The molecular weight excluding hydrogens is 265 g/mol. The molecule has 1 aromatic rings. The van der Waals surface area contributed by atoms with Crippen molar-refractivity contribution in [2.24, 2.45) is 5.84 Å². The lowest BCUT2D eigenvalue weighted by Crippen LogP contribution is -2.47. The normalized spacial score (nSPS) is 11.1. The summed E-state index contributed by atoms with van der Waals surface area (Å²) in [6.07, 6.45) is -4.09. The Bertz CT molecular complexity index is 395. The molecule has 1 amide bonds. The number of benzene rings is 1. The summed E-state index contributed by atoms with van der Waals surface area (Å²) >= 11 is 11.1. The van der Waals surface area contributed by atoms with Crippen molar-refractivity contribution in [1.82, 2.24) is 5.43 Å². The molecule has 0 aromatic heterocycles. The second kappa shape index (κ2) is 4.82. The molecule has 0 saturated heterocycles. The van der Waals surface area contributed by atoms with E-state index in [2.05, 4.69) is 10.6 Å². The predicted molar refractivity (Wildman–Crippen MR) is 54.4 cm³/mol. The monoisotopic (exact) mass is 270 g/mol. The van der Waals surface area contributed by atoms with Crippen LogP contribution in [0.25, 0.3) is 0 Å². The van der Waals surface area contributed by atoms with Gasteiger partial charge in [0.25, 0.3) is 0 Å². The first-order valence-electron chi connectivity index (χ1n) is 3.89. The SMILES string of the molecule is NNC(=O)C(F)(F)Oc1cc(Cl)cc(Cl)c1. The molecule has 0 unspecified atom stereocenters. The maximum Gasteiger partial charge on any atom is 0.483 e. The minimum Gasteiger partial charge on any atom is -0.425 e. The lowest BCUT2D eigenvalue weighted by atomic mass is 10.3. The molecule has 4 nitrogen and oxygen atoms in total. The molecule has 16 heavy (non-hydrogen) atoms. The van der Waals surface area contributed by atoms with Crippen LogP contribution in [-0.4, -0.2) is 12.0 Å². The minimum atomic E-state index is -4.09. The summed E-state index contributed by atoms with van der Waals surface area (Å²) in [4.78, 5) is 10.6. The number of carbonyl (C=O) groups excluding carboxylic acids is 1. The van der Waals surface area contributed by atoms with Crippen LogP contribution in [0.4, 0.5) is 8.78 Å². The van der Waals surface area contributed by atoms with Gasteiger partial charge in [-0.1, -0.05) is 23.2 Å². The largest absolute Gasteiger partial charge is 0.483 e. The van der Waals surface area contributed by atoms with Crippen LogP contribution in [0, 0.1) is 0 Å². The fourth-order valence-electron chi connectivity index (χ4n) is 0.866. The molecule has 0 aliphatic rings. The molecule has 1 rings (SSSR count). The van der Waals surface area contributed by atoms with Crippen molar-refractivity contribution >= 4 is 29.1 Å². The summed E-state index contributed by atoms with van der Waals surface area (Å²) in [6.45, 7) is 0. The highest BCUT2D eigenvalue weighted by molar-refractivity contribution is 6.34. The zero-order valence-corrected chi connectivity index (χ0v) is 9.15. The predicted octanol–water partition coefficient (Wildman–Crippen LogP) is 1.95. The Labute approximate surface area is 99.2 Å². The van der Waals surface area contributed by atoms with E-state index in [0.29, 0.717) is 0 Å². The Morgan fingerprint density at radius 2 is 1.81 bits per heavy atom. The number of alkyl halides is 2. The topological polar surface area (TPSA) is 64.3 Å². The summed E-state index contributed by atoms with van der Waals surface area (Å²) in [5, 5.41) is 0.206. The van der Waals surface area contributed by atoms with E-state index in [1.54, 1.807) is 0 Å². The second-order valence-corrected chi connectivity index (χ2v) is 3.57. The number of hydrazine groups is 1. The Morgan fingerprint density at radius 3 is 2.25 bits per heavy atom. The lowest BCUT2D eigenvalue weighted by molar-refractivity contribution is -0.192. The minimum absolute atomic E-state index is 0.103. The van der Waals surface area contributed by atoms with Gasteiger partial charge >= 0.3 is 12.0 Å². The molecule has 0 aliphatic carbocycles. The van der Waals surface area contributed by atoms with Crippen molar-refractivity contribution in [2.45, 2.75) is 6.11 Å². The molecule has 3 N–H and O–H groups in total. The molecule has 0 fully saturated rings. The molecule has 88 valence electrons. The Hall–Kier alpha value is -1.11. The van der Waals surface area contributed by atoms with Gasteiger partial charge in [-0.25, -0.2) is 5.84 Å². The second-order valence-electron chi connectivity index (χ2n) is 2.70. The van der Waals surface area contributed by atoms with Crippen molar-refractivity contribution in [3.63, 3.8) is 0 Å². The third-order valence-electron chi connectivity index (χ3n) is 1.48. The van der Waals surface area contributed by atoms with Crippen LogP contribution in [0.15, 0.2) is 18.2 Å².